The third-order valence-corrected chi connectivity index (χ3v) is 19.3. The Bertz CT molecular complexity index is 3740. The minimum atomic E-state index is -0.661. The van der Waals surface area contributed by atoms with Crippen molar-refractivity contribution in [1.82, 2.24) is 0 Å². The molecule has 7 unspecified atom stereocenters. The van der Waals surface area contributed by atoms with E-state index in [-0.39, 0.29) is 117 Å². The Morgan fingerprint density at radius 1 is 0.540 bits per heavy atom. The third-order valence-electron chi connectivity index (χ3n) is 19.3. The van der Waals surface area contributed by atoms with Crippen molar-refractivity contribution in [2.24, 2.45) is 46.8 Å². The van der Waals surface area contributed by atoms with E-state index in [9.17, 15) is 53.1 Å². The van der Waals surface area contributed by atoms with Gasteiger partial charge >= 0.3 is 35.8 Å². The van der Waals surface area contributed by atoms with Crippen LogP contribution in [-0.4, -0.2) is 110 Å². The fraction of sp³-hybridized carbons (Fsp3) is 0.579. The summed E-state index contributed by atoms with van der Waals surface area (Å²) in [4.78, 5) is 118. The van der Waals surface area contributed by atoms with E-state index in [0.29, 0.717) is 48.9 Å². The molecule has 113 heavy (non-hydrogen) atoms. The molecule has 1 saturated carbocycles. The van der Waals surface area contributed by atoms with Crippen molar-refractivity contribution < 1.29 is 86.2 Å². The Morgan fingerprint density at radius 3 is 1.39 bits per heavy atom. The fourth-order valence-electron chi connectivity index (χ4n) is 12.9. The van der Waals surface area contributed by atoms with Gasteiger partial charge in [0, 0.05) is 0 Å². The molecule has 0 spiro atoms. The Labute approximate surface area is 678 Å². The van der Waals surface area contributed by atoms with E-state index in [2.05, 4.69) is 145 Å². The summed E-state index contributed by atoms with van der Waals surface area (Å²) < 4.78 is 35.8. The molecular formula is C95H140O18. The molecule has 628 valence electrons. The maximum absolute atomic E-state index is 13.0. The van der Waals surface area contributed by atoms with E-state index in [4.69, 9.17) is 33.2 Å². The van der Waals surface area contributed by atoms with Crippen LogP contribution in [0.2, 0.25) is 0 Å². The third kappa shape index (κ3) is 40.2. The summed E-state index contributed by atoms with van der Waals surface area (Å²) in [5.41, 5.74) is 7.89. The van der Waals surface area contributed by atoms with Crippen LogP contribution in [0, 0.1) is 46.8 Å². The summed E-state index contributed by atoms with van der Waals surface area (Å²) in [6, 6.07) is 21.7. The van der Waals surface area contributed by atoms with Crippen LogP contribution >= 0.6 is 0 Å². The maximum atomic E-state index is 13.0. The number of benzene rings is 3. The highest BCUT2D eigenvalue weighted by Crippen LogP contribution is 2.41. The van der Waals surface area contributed by atoms with E-state index >= 15 is 0 Å². The van der Waals surface area contributed by atoms with Crippen molar-refractivity contribution in [2.75, 3.05) is 39.6 Å². The van der Waals surface area contributed by atoms with Crippen LogP contribution in [0.3, 0.4) is 0 Å². The van der Waals surface area contributed by atoms with Gasteiger partial charge < -0.3 is 38.3 Å². The first-order chi connectivity index (χ1) is 52.8. The zero-order valence-corrected chi connectivity index (χ0v) is 73.5. The molecule has 0 aliphatic heterocycles. The number of aromatic hydroxyl groups is 1. The Kier molecular flexibility index (Phi) is 46.9. The van der Waals surface area contributed by atoms with Crippen LogP contribution < -0.4 is 4.74 Å². The molecule has 0 heterocycles. The van der Waals surface area contributed by atoms with Gasteiger partial charge in [0.05, 0.1) is 56.4 Å². The molecule has 0 aromatic heterocycles. The zero-order chi connectivity index (χ0) is 86.1. The Balaban J connectivity index is 0.000000721. The van der Waals surface area contributed by atoms with Gasteiger partial charge in [-0.2, -0.15) is 0 Å². The topological polar surface area (TPSA) is 256 Å². The van der Waals surface area contributed by atoms with Crippen LogP contribution in [0.5, 0.6) is 11.5 Å². The second-order valence-electron chi connectivity index (χ2n) is 33.0. The van der Waals surface area contributed by atoms with Gasteiger partial charge in [-0.3, -0.25) is 19.2 Å². The van der Waals surface area contributed by atoms with Gasteiger partial charge in [0.15, 0.2) is 34.6 Å². The van der Waals surface area contributed by atoms with Crippen LogP contribution in [0.1, 0.15) is 272 Å². The van der Waals surface area contributed by atoms with Gasteiger partial charge in [0.1, 0.15) is 17.3 Å². The van der Waals surface area contributed by atoms with Gasteiger partial charge in [-0.1, -0.05) is 213 Å². The lowest BCUT2D eigenvalue weighted by Gasteiger charge is -2.37. The summed E-state index contributed by atoms with van der Waals surface area (Å²) in [5, 5.41) is 9.60. The molecule has 5 rings (SSSR count). The number of esters is 6. The van der Waals surface area contributed by atoms with Crippen molar-refractivity contribution >= 4 is 65.0 Å². The van der Waals surface area contributed by atoms with Crippen molar-refractivity contribution in [3.05, 3.63) is 158 Å². The van der Waals surface area contributed by atoms with E-state index in [1.165, 1.54) is 86.9 Å². The number of ether oxygens (including phenoxy) is 7. The molecular weight excluding hydrogens is 1430 g/mol. The number of hydrogen-bond donors (Lipinski definition) is 1. The fourth-order valence-corrected chi connectivity index (χ4v) is 12.9. The number of carbonyl (C=O) groups is 10. The molecule has 3 aromatic carbocycles. The van der Waals surface area contributed by atoms with Gasteiger partial charge in [0.2, 0.25) is 0 Å². The SMILES string of the molecule is CCOC(=O)/C(=C/CC(C)CCCC(C)C)C(C)=O.CCOC(=O)/C(=C\C(C)Cc1ccc(C(C)(C)C)cc1)C(=O)OC(C)C1CCCC(C)(C)C1.CCOC(=O)/C(=C\C(C)Cc1ccc(C(C)(C)C)cc1)C(C)=O.CCOC(=O)/C(=C\C1CCC(C)=CC1C)C(C)=O.CCOC(=O)/C(=C\c1ccc(O)c(OCC)c1)C(C)=O. The molecule has 1 N–H and O–H groups in total. The van der Waals surface area contributed by atoms with E-state index < -0.39 is 35.8 Å². The Hall–Kier alpha value is -8.80. The van der Waals surface area contributed by atoms with Crippen LogP contribution in [0.25, 0.3) is 6.08 Å². The quantitative estimate of drug-likeness (QED) is 0.0148. The number of hydrogen-bond acceptors (Lipinski definition) is 18. The number of ketones is 4. The summed E-state index contributed by atoms with van der Waals surface area (Å²) in [6.07, 6.45) is 22.6. The van der Waals surface area contributed by atoms with E-state index in [0.717, 1.165) is 63.7 Å². The molecule has 2 aliphatic carbocycles. The van der Waals surface area contributed by atoms with Crippen LogP contribution in [0.15, 0.2) is 131 Å². The van der Waals surface area contributed by atoms with E-state index in [1.807, 2.05) is 20.8 Å². The van der Waals surface area contributed by atoms with E-state index in [1.54, 1.807) is 78.0 Å². The molecule has 3 aromatic rings. The molecule has 0 bridgehead atoms. The molecule has 1 fully saturated rings. The maximum Gasteiger partial charge on any atom is 0.345 e. The smallest absolute Gasteiger partial charge is 0.345 e. The summed E-state index contributed by atoms with van der Waals surface area (Å²) in [6.45, 7) is 52.1. The lowest BCUT2D eigenvalue weighted by molar-refractivity contribution is -0.153. The minimum absolute atomic E-state index is 0.00418. The average molecular weight is 1570 g/mol. The second kappa shape index (κ2) is 51.8. The highest BCUT2D eigenvalue weighted by atomic mass is 16.6. The van der Waals surface area contributed by atoms with Gasteiger partial charge in [-0.25, -0.2) is 28.8 Å². The molecule has 0 saturated heterocycles. The van der Waals surface area contributed by atoms with Crippen molar-refractivity contribution in [2.45, 2.75) is 274 Å². The number of allylic oxidation sites excluding steroid dienone is 6. The summed E-state index contributed by atoms with van der Waals surface area (Å²) in [7, 11) is 0. The predicted octanol–water partition coefficient (Wildman–Crippen LogP) is 20.3. The standard InChI is InChI=1S/C29H44O4.C20H28O3.C16H28O3.C15H18O5.C15H22O3/c1-9-32-26(30)25(27(31)33-21(3)23-11-10-16-29(7,8)19-23)18-20(2)17-22-12-14-24(15-13-22)28(4,5)6;1-7-23-19(22)18(15(3)21)13-14(2)12-16-8-10-17(11-9-16)20(4,5)6;1-6-19-16(18)15(14(5)17)11-10-13(4)9-7-8-12(2)3;1-4-19-14-9-11(6-7-13(14)17)8-12(10(3)16)15(18)20-5-2;1-5-18-15(17)14(12(4)16)9-13-7-6-10(2)8-11(13)3/h12-15,18,20-21,23H,9-11,16-17,19H2,1-8H3;8-11,13-14H,7,12H2,1-6H3;11-13H,6-10H2,1-5H3;6-9,17H,4-5H2,1-3H3;8-9,11,13H,5-7H2,1-4H3/b25-18+;18-13-;15-11+;12-8-;14-9-. The number of phenolic OH excluding ortho intramolecular Hbond substituents is 1. The lowest BCUT2D eigenvalue weighted by atomic mass is 9.71. The van der Waals surface area contributed by atoms with Crippen molar-refractivity contribution in [3.8, 4) is 11.5 Å². The average Bonchev–Trinajstić information content (AvgIpc) is 0.840. The zero-order valence-electron chi connectivity index (χ0n) is 73.5. The predicted molar refractivity (Wildman–Crippen MR) is 451 cm³/mol. The van der Waals surface area contributed by atoms with Crippen molar-refractivity contribution in [1.29, 1.82) is 0 Å². The summed E-state index contributed by atoms with van der Waals surface area (Å²) >= 11 is 0. The van der Waals surface area contributed by atoms with Gasteiger partial charge in [-0.15, -0.1) is 0 Å². The normalized spacial score (nSPS) is 16.9. The molecule has 18 heteroatoms. The Morgan fingerprint density at radius 2 is 0.973 bits per heavy atom. The first-order valence-corrected chi connectivity index (χ1v) is 40.8. The largest absolute Gasteiger partial charge is 0.504 e. The van der Waals surface area contributed by atoms with Crippen LogP contribution in [-0.2, 0) is 100 Å². The minimum Gasteiger partial charge on any atom is -0.504 e. The lowest BCUT2D eigenvalue weighted by Crippen LogP contribution is -2.33. The molecule has 0 radical (unpaired) electrons. The number of phenols is 1. The van der Waals surface area contributed by atoms with Crippen molar-refractivity contribution in [3.63, 3.8) is 0 Å². The highest BCUT2D eigenvalue weighted by Gasteiger charge is 2.35. The van der Waals surface area contributed by atoms with Crippen LogP contribution in [0.4, 0.5) is 0 Å². The second-order valence-corrected chi connectivity index (χ2v) is 33.0. The van der Waals surface area contributed by atoms with Gasteiger partial charge in [0.25, 0.3) is 0 Å². The molecule has 18 nitrogen and oxygen atoms in total. The van der Waals surface area contributed by atoms with Gasteiger partial charge in [-0.05, 0) is 238 Å². The number of carbonyl (C=O) groups excluding carboxylic acids is 10. The number of Topliss-reactive ketones (excluding diaryl/α,β-unsaturated/α-hetero) is 4. The molecule has 7 atom stereocenters. The molecule has 2 aliphatic rings. The first kappa shape index (κ1) is 102. The summed E-state index contributed by atoms with van der Waals surface area (Å²) in [5.74, 6) is -1.90. The molecule has 0 amide bonds. The monoisotopic (exact) mass is 1570 g/mol. The first-order valence-electron chi connectivity index (χ1n) is 40.8. The highest BCUT2D eigenvalue weighted by molar-refractivity contribution is 6.20. The number of rotatable bonds is 33.